The van der Waals surface area contributed by atoms with E-state index in [0.29, 0.717) is 11.0 Å². The van der Waals surface area contributed by atoms with Crippen LogP contribution in [0.15, 0.2) is 30.5 Å². The molecule has 0 aliphatic carbocycles. The second-order valence-electron chi connectivity index (χ2n) is 6.33. The van der Waals surface area contributed by atoms with Crippen LogP contribution >= 0.6 is 0 Å². The average Bonchev–Trinajstić information content (AvgIpc) is 3.09. The van der Waals surface area contributed by atoms with Gasteiger partial charge in [-0.25, -0.2) is 22.5 Å². The van der Waals surface area contributed by atoms with E-state index in [2.05, 4.69) is 15.2 Å². The third-order valence-electron chi connectivity index (χ3n) is 4.39. The van der Waals surface area contributed by atoms with Gasteiger partial charge in [-0.1, -0.05) is 0 Å². The lowest BCUT2D eigenvalue weighted by Gasteiger charge is -2.24. The predicted molar refractivity (Wildman–Crippen MR) is 84.6 cm³/mol. The fourth-order valence-corrected chi connectivity index (χ4v) is 3.30. The summed E-state index contributed by atoms with van der Waals surface area (Å²) < 4.78 is 56.0. The molecule has 1 fully saturated rings. The normalized spacial score (nSPS) is 19.7. The highest BCUT2D eigenvalue weighted by atomic mass is 19.3. The highest BCUT2D eigenvalue weighted by Gasteiger charge is 2.47. The van der Waals surface area contributed by atoms with E-state index < -0.39 is 36.6 Å². The monoisotopic (exact) mass is 350 g/mol. The lowest BCUT2D eigenvalue weighted by Crippen LogP contribution is -2.27. The number of anilines is 1. The maximum absolute atomic E-state index is 14.2. The van der Waals surface area contributed by atoms with Gasteiger partial charge < -0.3 is 4.90 Å². The molecule has 4 rings (SSSR count). The molecule has 1 saturated heterocycles. The summed E-state index contributed by atoms with van der Waals surface area (Å²) in [6.07, 6.45) is 1.02. The standard InChI is InChI=1S/C17H14F4N4/c1-9-4-12-15(22-7-9)23-24-16(12)25-8-17(20,21)6-14(25)11-5-10(18)2-3-13(11)19/h2-5,7,14H,6,8H2,1H3,(H,22,23,24)/t14-/m1/s1. The van der Waals surface area contributed by atoms with Crippen LogP contribution in [0.2, 0.25) is 0 Å². The summed E-state index contributed by atoms with van der Waals surface area (Å²) in [6.45, 7) is 1.20. The van der Waals surface area contributed by atoms with E-state index in [0.717, 1.165) is 23.8 Å². The number of alkyl halides is 2. The fourth-order valence-electron chi connectivity index (χ4n) is 3.30. The molecule has 130 valence electrons. The Kier molecular flexibility index (Phi) is 3.45. The Morgan fingerprint density at radius 1 is 1.24 bits per heavy atom. The maximum atomic E-state index is 14.2. The third kappa shape index (κ3) is 2.71. The van der Waals surface area contributed by atoms with Crippen LogP contribution in [0.25, 0.3) is 11.0 Å². The van der Waals surface area contributed by atoms with Gasteiger partial charge in [-0.3, -0.25) is 5.10 Å². The van der Waals surface area contributed by atoms with E-state index in [1.165, 1.54) is 4.90 Å². The molecule has 1 aromatic carbocycles. The first-order valence-corrected chi connectivity index (χ1v) is 7.74. The van der Waals surface area contributed by atoms with Gasteiger partial charge in [0.15, 0.2) is 11.5 Å². The van der Waals surface area contributed by atoms with Gasteiger partial charge in [-0.05, 0) is 36.8 Å². The fraction of sp³-hybridized carbons (Fsp3) is 0.294. The summed E-state index contributed by atoms with van der Waals surface area (Å²) in [7, 11) is 0. The van der Waals surface area contributed by atoms with Crippen LogP contribution < -0.4 is 4.90 Å². The number of H-pyrrole nitrogens is 1. The Bertz CT molecular complexity index is 953. The molecule has 1 aliphatic heterocycles. The molecule has 0 bridgehead atoms. The number of benzene rings is 1. The molecule has 3 aromatic rings. The van der Waals surface area contributed by atoms with Crippen molar-refractivity contribution < 1.29 is 17.6 Å². The number of pyridine rings is 1. The van der Waals surface area contributed by atoms with Crippen molar-refractivity contribution in [2.75, 3.05) is 11.4 Å². The first kappa shape index (κ1) is 15.9. The molecule has 8 heteroatoms. The minimum absolute atomic E-state index is 0.103. The Labute approximate surface area is 140 Å². The molecule has 25 heavy (non-hydrogen) atoms. The van der Waals surface area contributed by atoms with Crippen molar-refractivity contribution in [3.8, 4) is 0 Å². The summed E-state index contributed by atoms with van der Waals surface area (Å²) in [6, 6.07) is 3.64. The molecule has 4 nitrogen and oxygen atoms in total. The van der Waals surface area contributed by atoms with Crippen molar-refractivity contribution >= 4 is 16.9 Å². The number of nitrogens with zero attached hydrogens (tertiary/aromatic N) is 3. The molecule has 1 aliphatic rings. The van der Waals surface area contributed by atoms with Crippen LogP contribution in [0, 0.1) is 18.6 Å². The first-order chi connectivity index (χ1) is 11.8. The van der Waals surface area contributed by atoms with Gasteiger partial charge in [0.05, 0.1) is 18.0 Å². The van der Waals surface area contributed by atoms with Crippen LogP contribution in [0.5, 0.6) is 0 Å². The van der Waals surface area contributed by atoms with E-state index in [1.807, 2.05) is 6.92 Å². The van der Waals surface area contributed by atoms with Crippen LogP contribution in [-0.4, -0.2) is 27.6 Å². The van der Waals surface area contributed by atoms with Crippen molar-refractivity contribution in [1.29, 1.82) is 0 Å². The van der Waals surface area contributed by atoms with Crippen LogP contribution in [-0.2, 0) is 0 Å². The zero-order valence-electron chi connectivity index (χ0n) is 13.2. The number of halogens is 4. The zero-order valence-corrected chi connectivity index (χ0v) is 13.2. The molecule has 0 saturated carbocycles. The molecule has 0 spiro atoms. The first-order valence-electron chi connectivity index (χ1n) is 7.74. The van der Waals surface area contributed by atoms with Gasteiger partial charge in [0.2, 0.25) is 0 Å². The number of rotatable bonds is 2. The molecule has 0 radical (unpaired) electrons. The van der Waals surface area contributed by atoms with Gasteiger partial charge in [-0.2, -0.15) is 5.10 Å². The summed E-state index contributed by atoms with van der Waals surface area (Å²) >= 11 is 0. The summed E-state index contributed by atoms with van der Waals surface area (Å²) in [5, 5.41) is 7.37. The Morgan fingerprint density at radius 3 is 2.84 bits per heavy atom. The number of fused-ring (bicyclic) bond motifs is 1. The van der Waals surface area contributed by atoms with E-state index in [-0.39, 0.29) is 11.4 Å². The van der Waals surface area contributed by atoms with E-state index in [1.54, 1.807) is 12.3 Å². The van der Waals surface area contributed by atoms with Crippen molar-refractivity contribution in [3.05, 3.63) is 53.2 Å². The van der Waals surface area contributed by atoms with Crippen molar-refractivity contribution in [1.82, 2.24) is 15.2 Å². The number of hydrogen-bond donors (Lipinski definition) is 1. The van der Waals surface area contributed by atoms with Crippen LogP contribution in [0.4, 0.5) is 23.4 Å². The Morgan fingerprint density at radius 2 is 2.04 bits per heavy atom. The molecule has 1 N–H and O–H groups in total. The van der Waals surface area contributed by atoms with E-state index in [4.69, 9.17) is 0 Å². The summed E-state index contributed by atoms with van der Waals surface area (Å²) in [5.41, 5.74) is 1.19. The molecule has 0 amide bonds. The number of aryl methyl sites for hydroxylation is 1. The Balaban J connectivity index is 1.85. The topological polar surface area (TPSA) is 44.8 Å². The summed E-state index contributed by atoms with van der Waals surface area (Å²) in [4.78, 5) is 5.49. The quantitative estimate of drug-likeness (QED) is 0.707. The van der Waals surface area contributed by atoms with Crippen molar-refractivity contribution in [3.63, 3.8) is 0 Å². The smallest absolute Gasteiger partial charge is 0.267 e. The van der Waals surface area contributed by atoms with Gasteiger partial charge in [0.25, 0.3) is 5.92 Å². The van der Waals surface area contributed by atoms with Gasteiger partial charge in [0.1, 0.15) is 11.6 Å². The van der Waals surface area contributed by atoms with Crippen molar-refractivity contribution in [2.45, 2.75) is 25.3 Å². The molecule has 2 aromatic heterocycles. The second kappa shape index (κ2) is 5.44. The third-order valence-corrected chi connectivity index (χ3v) is 4.39. The molecular formula is C17H14F4N4. The zero-order chi connectivity index (χ0) is 17.8. The molecular weight excluding hydrogens is 336 g/mol. The maximum Gasteiger partial charge on any atom is 0.267 e. The highest BCUT2D eigenvalue weighted by Crippen LogP contribution is 2.45. The number of aromatic nitrogens is 3. The lowest BCUT2D eigenvalue weighted by molar-refractivity contribution is 0.0222. The number of nitrogens with one attached hydrogen (secondary N) is 1. The lowest BCUT2D eigenvalue weighted by atomic mass is 10.0. The average molecular weight is 350 g/mol. The van der Waals surface area contributed by atoms with Crippen LogP contribution in [0.3, 0.4) is 0 Å². The SMILES string of the molecule is Cc1cnc2[nH]nc(N3CC(F)(F)C[C@@H]3c3cc(F)ccc3F)c2c1. The van der Waals surface area contributed by atoms with E-state index >= 15 is 0 Å². The Hall–Kier alpha value is -2.64. The molecule has 3 heterocycles. The van der Waals surface area contributed by atoms with Gasteiger partial charge in [-0.15, -0.1) is 0 Å². The number of aromatic amines is 1. The largest absolute Gasteiger partial charge is 0.341 e. The number of hydrogen-bond acceptors (Lipinski definition) is 3. The van der Waals surface area contributed by atoms with Gasteiger partial charge >= 0.3 is 0 Å². The second-order valence-corrected chi connectivity index (χ2v) is 6.33. The summed E-state index contributed by atoms with van der Waals surface area (Å²) in [5.74, 6) is -4.16. The highest BCUT2D eigenvalue weighted by molar-refractivity contribution is 5.88. The van der Waals surface area contributed by atoms with Crippen LogP contribution in [0.1, 0.15) is 23.6 Å². The van der Waals surface area contributed by atoms with Crippen molar-refractivity contribution in [2.24, 2.45) is 0 Å². The minimum Gasteiger partial charge on any atom is -0.341 e. The molecule has 1 atom stereocenters. The van der Waals surface area contributed by atoms with Gasteiger partial charge in [0, 0.05) is 18.2 Å². The molecule has 0 unspecified atom stereocenters. The van der Waals surface area contributed by atoms with E-state index in [9.17, 15) is 17.6 Å². The minimum atomic E-state index is -3.04. The predicted octanol–water partition coefficient (Wildman–Crippen LogP) is 4.13.